The van der Waals surface area contributed by atoms with Crippen LogP contribution in [0.3, 0.4) is 0 Å². The van der Waals surface area contributed by atoms with Crippen LogP contribution in [0.15, 0.2) is 72.8 Å². The molecule has 4 amide bonds. The number of nitrogens with zero attached hydrogens (tertiary/aromatic N) is 2. The summed E-state index contributed by atoms with van der Waals surface area (Å²) in [6.07, 6.45) is 0. The highest BCUT2D eigenvalue weighted by molar-refractivity contribution is 5.90. The van der Waals surface area contributed by atoms with Gasteiger partial charge in [0.1, 0.15) is 0 Å². The van der Waals surface area contributed by atoms with Crippen LogP contribution < -0.4 is 31.1 Å². The summed E-state index contributed by atoms with van der Waals surface area (Å²) in [5.74, 6) is 0. The van der Waals surface area contributed by atoms with E-state index in [2.05, 4.69) is 21.3 Å². The molecular weight excluding hydrogens is 428 g/mol. The Labute approximate surface area is 201 Å². The molecule has 3 aromatic carbocycles. The van der Waals surface area contributed by atoms with Gasteiger partial charge in [0.25, 0.3) is 0 Å². The van der Waals surface area contributed by atoms with Crippen molar-refractivity contribution in [2.75, 3.05) is 48.6 Å². The molecule has 8 nitrogen and oxygen atoms in total. The summed E-state index contributed by atoms with van der Waals surface area (Å²) in [6.45, 7) is 0.750. The fourth-order valence-corrected chi connectivity index (χ4v) is 3.25. The zero-order valence-corrected chi connectivity index (χ0v) is 20.1. The molecule has 3 rings (SSSR count). The second-order valence-electron chi connectivity index (χ2n) is 8.32. The maximum Gasteiger partial charge on any atom is 0.319 e. The molecule has 0 fully saturated rings. The second-order valence-corrected chi connectivity index (χ2v) is 8.32. The van der Waals surface area contributed by atoms with Crippen LogP contribution in [0.1, 0.15) is 11.1 Å². The van der Waals surface area contributed by atoms with E-state index in [-0.39, 0.29) is 12.1 Å². The summed E-state index contributed by atoms with van der Waals surface area (Å²) >= 11 is 0. The average Bonchev–Trinajstić information content (AvgIpc) is 2.82. The Kier molecular flexibility index (Phi) is 8.34. The van der Waals surface area contributed by atoms with E-state index in [4.69, 9.17) is 0 Å². The van der Waals surface area contributed by atoms with Crippen LogP contribution in [-0.4, -0.2) is 40.3 Å². The van der Waals surface area contributed by atoms with Gasteiger partial charge in [0, 0.05) is 64.0 Å². The summed E-state index contributed by atoms with van der Waals surface area (Å²) in [7, 11) is 7.87. The predicted molar refractivity (Wildman–Crippen MR) is 140 cm³/mol. The summed E-state index contributed by atoms with van der Waals surface area (Å²) in [4.78, 5) is 28.5. The fraction of sp³-hybridized carbons (Fsp3) is 0.231. The molecule has 0 bridgehead atoms. The number of carbonyl (C=O) groups excluding carboxylic acids is 2. The van der Waals surface area contributed by atoms with E-state index >= 15 is 0 Å². The Morgan fingerprint density at radius 3 is 1.35 bits per heavy atom. The molecule has 0 atom stereocenters. The Morgan fingerprint density at radius 2 is 1.00 bits per heavy atom. The van der Waals surface area contributed by atoms with Gasteiger partial charge in [-0.1, -0.05) is 24.3 Å². The van der Waals surface area contributed by atoms with Gasteiger partial charge in [-0.25, -0.2) is 9.59 Å². The zero-order valence-electron chi connectivity index (χ0n) is 20.1. The summed E-state index contributed by atoms with van der Waals surface area (Å²) in [6, 6.07) is 22.4. The lowest BCUT2D eigenvalue weighted by molar-refractivity contribution is 0.251. The normalized spacial score (nSPS) is 10.2. The molecule has 0 heterocycles. The molecule has 3 aromatic rings. The zero-order chi connectivity index (χ0) is 24.5. The van der Waals surface area contributed by atoms with Gasteiger partial charge < -0.3 is 31.1 Å². The predicted octanol–water partition coefficient (Wildman–Crippen LogP) is 4.46. The van der Waals surface area contributed by atoms with Gasteiger partial charge in [0.15, 0.2) is 0 Å². The van der Waals surface area contributed by atoms with Gasteiger partial charge in [-0.2, -0.15) is 0 Å². The summed E-state index contributed by atoms with van der Waals surface area (Å²) in [5, 5.41) is 11.4. The molecule has 0 aliphatic heterocycles. The largest absolute Gasteiger partial charge is 0.378 e. The van der Waals surface area contributed by atoms with Crippen molar-refractivity contribution < 1.29 is 9.59 Å². The van der Waals surface area contributed by atoms with E-state index in [1.807, 2.05) is 111 Å². The molecule has 0 saturated heterocycles. The number of benzene rings is 3. The Balaban J connectivity index is 1.44. The smallest absolute Gasteiger partial charge is 0.319 e. The van der Waals surface area contributed by atoms with E-state index in [0.717, 1.165) is 33.9 Å². The minimum Gasteiger partial charge on any atom is -0.378 e. The van der Waals surface area contributed by atoms with Gasteiger partial charge in [0.2, 0.25) is 0 Å². The van der Waals surface area contributed by atoms with E-state index in [1.165, 1.54) is 0 Å². The van der Waals surface area contributed by atoms with Crippen LogP contribution >= 0.6 is 0 Å². The van der Waals surface area contributed by atoms with Gasteiger partial charge in [-0.05, 0) is 59.7 Å². The molecule has 0 radical (unpaired) electrons. The van der Waals surface area contributed by atoms with E-state index in [1.54, 1.807) is 0 Å². The SMILES string of the molecule is CN(C)c1ccc(NC(=O)NCc2cccc(CNC(=O)Nc3ccc(N(C)C)cc3)c2)cc1. The van der Waals surface area contributed by atoms with Crippen LogP contribution in [0.4, 0.5) is 32.3 Å². The van der Waals surface area contributed by atoms with Crippen molar-refractivity contribution in [2.24, 2.45) is 0 Å². The van der Waals surface area contributed by atoms with E-state index < -0.39 is 0 Å². The number of urea groups is 2. The summed E-state index contributed by atoms with van der Waals surface area (Å²) < 4.78 is 0. The van der Waals surface area contributed by atoms with Gasteiger partial charge in [0.05, 0.1) is 0 Å². The molecule has 0 aromatic heterocycles. The minimum absolute atomic E-state index is 0.277. The van der Waals surface area contributed by atoms with Crippen LogP contribution in [-0.2, 0) is 13.1 Å². The molecule has 34 heavy (non-hydrogen) atoms. The number of amides is 4. The fourth-order valence-electron chi connectivity index (χ4n) is 3.25. The first-order chi connectivity index (χ1) is 16.3. The third-order valence-corrected chi connectivity index (χ3v) is 5.18. The third kappa shape index (κ3) is 7.44. The lowest BCUT2D eigenvalue weighted by Crippen LogP contribution is -2.29. The Bertz CT molecular complexity index is 1010. The minimum atomic E-state index is -0.277. The van der Waals surface area contributed by atoms with Crippen molar-refractivity contribution in [1.82, 2.24) is 10.6 Å². The van der Waals surface area contributed by atoms with Crippen molar-refractivity contribution in [1.29, 1.82) is 0 Å². The van der Waals surface area contributed by atoms with Crippen LogP contribution in [0.2, 0.25) is 0 Å². The molecular formula is C26H32N6O2. The third-order valence-electron chi connectivity index (χ3n) is 5.18. The highest BCUT2D eigenvalue weighted by atomic mass is 16.2. The second kappa shape index (κ2) is 11.6. The van der Waals surface area contributed by atoms with Crippen molar-refractivity contribution >= 4 is 34.8 Å². The molecule has 0 spiro atoms. The highest BCUT2D eigenvalue weighted by Crippen LogP contribution is 2.16. The first-order valence-electron chi connectivity index (χ1n) is 11.0. The molecule has 0 unspecified atom stereocenters. The first kappa shape index (κ1) is 24.4. The molecule has 0 aliphatic rings. The van der Waals surface area contributed by atoms with Crippen LogP contribution in [0, 0.1) is 0 Å². The number of nitrogens with one attached hydrogen (secondary N) is 4. The lowest BCUT2D eigenvalue weighted by Gasteiger charge is -2.14. The Morgan fingerprint density at radius 1 is 0.618 bits per heavy atom. The molecule has 178 valence electrons. The number of anilines is 4. The lowest BCUT2D eigenvalue weighted by atomic mass is 10.1. The van der Waals surface area contributed by atoms with Crippen LogP contribution in [0.5, 0.6) is 0 Å². The topological polar surface area (TPSA) is 88.7 Å². The van der Waals surface area contributed by atoms with Crippen molar-refractivity contribution in [3.8, 4) is 0 Å². The number of hydrogen-bond donors (Lipinski definition) is 4. The number of rotatable bonds is 8. The molecule has 0 aliphatic carbocycles. The monoisotopic (exact) mass is 460 g/mol. The average molecular weight is 461 g/mol. The maximum atomic E-state index is 12.2. The highest BCUT2D eigenvalue weighted by Gasteiger charge is 2.05. The van der Waals surface area contributed by atoms with Gasteiger partial charge >= 0.3 is 12.1 Å². The molecule has 8 heteroatoms. The standard InChI is InChI=1S/C26H32N6O2/c1-31(2)23-12-8-21(9-13-23)29-25(33)27-17-19-6-5-7-20(16-19)18-28-26(34)30-22-10-14-24(15-11-22)32(3)4/h5-16H,17-18H2,1-4H3,(H2,27,29,33)(H2,28,30,34). The molecule has 4 N–H and O–H groups in total. The van der Waals surface area contributed by atoms with Gasteiger partial charge in [-0.3, -0.25) is 0 Å². The number of hydrogen-bond acceptors (Lipinski definition) is 4. The van der Waals surface area contributed by atoms with Crippen LogP contribution in [0.25, 0.3) is 0 Å². The Hall–Kier alpha value is -4.20. The van der Waals surface area contributed by atoms with E-state index in [9.17, 15) is 9.59 Å². The summed E-state index contributed by atoms with van der Waals surface area (Å²) in [5.41, 5.74) is 5.46. The van der Waals surface area contributed by atoms with Crippen molar-refractivity contribution in [2.45, 2.75) is 13.1 Å². The van der Waals surface area contributed by atoms with Crippen molar-refractivity contribution in [3.05, 3.63) is 83.9 Å². The van der Waals surface area contributed by atoms with Crippen molar-refractivity contribution in [3.63, 3.8) is 0 Å². The number of carbonyl (C=O) groups is 2. The maximum absolute atomic E-state index is 12.2. The van der Waals surface area contributed by atoms with Gasteiger partial charge in [-0.15, -0.1) is 0 Å². The quantitative estimate of drug-likeness (QED) is 0.400. The molecule has 0 saturated carbocycles. The first-order valence-corrected chi connectivity index (χ1v) is 11.0. The van der Waals surface area contributed by atoms with E-state index in [0.29, 0.717) is 13.1 Å².